The number of carbonyl (C=O) groups excluding carboxylic acids is 3. The fraction of sp³-hybridized carbons (Fsp3) is 0.348. The lowest BCUT2D eigenvalue weighted by atomic mass is 9.91. The Kier molecular flexibility index (Phi) is 5.73. The quantitative estimate of drug-likeness (QED) is 0.735. The van der Waals surface area contributed by atoms with E-state index in [0.29, 0.717) is 11.3 Å². The van der Waals surface area contributed by atoms with Gasteiger partial charge in [-0.2, -0.15) is 0 Å². The Hall–Kier alpha value is -3.15. The fourth-order valence-electron chi connectivity index (χ4n) is 3.55. The summed E-state index contributed by atoms with van der Waals surface area (Å²) in [6, 6.07) is 12.7. The SMILES string of the molecule is CCCc1ccc([C@@]2(C)NC(=O)N(CC(=O)Nc3cccc(C)c3C)C2=O)cc1. The van der Waals surface area contributed by atoms with Crippen molar-refractivity contribution in [3.05, 3.63) is 64.7 Å². The van der Waals surface area contributed by atoms with Crippen LogP contribution in [-0.4, -0.2) is 29.3 Å². The Morgan fingerprint density at radius 1 is 1.10 bits per heavy atom. The first-order valence-electron chi connectivity index (χ1n) is 9.86. The Labute approximate surface area is 171 Å². The molecule has 1 fully saturated rings. The minimum Gasteiger partial charge on any atom is -0.324 e. The van der Waals surface area contributed by atoms with Crippen molar-refractivity contribution in [1.29, 1.82) is 0 Å². The van der Waals surface area contributed by atoms with E-state index in [-0.39, 0.29) is 6.54 Å². The zero-order valence-electron chi connectivity index (χ0n) is 17.3. The van der Waals surface area contributed by atoms with Crippen molar-refractivity contribution in [2.45, 2.75) is 46.1 Å². The molecule has 3 rings (SSSR count). The molecule has 6 heteroatoms. The van der Waals surface area contributed by atoms with Crippen molar-refractivity contribution in [2.75, 3.05) is 11.9 Å². The van der Waals surface area contributed by atoms with Crippen molar-refractivity contribution in [2.24, 2.45) is 0 Å². The van der Waals surface area contributed by atoms with E-state index in [0.717, 1.165) is 28.9 Å². The third kappa shape index (κ3) is 4.01. The summed E-state index contributed by atoms with van der Waals surface area (Å²) in [4.78, 5) is 39.0. The van der Waals surface area contributed by atoms with Crippen LogP contribution in [0.1, 0.15) is 42.5 Å². The van der Waals surface area contributed by atoms with Gasteiger partial charge >= 0.3 is 6.03 Å². The molecule has 1 saturated heterocycles. The van der Waals surface area contributed by atoms with Crippen molar-refractivity contribution in [3.63, 3.8) is 0 Å². The van der Waals surface area contributed by atoms with Crippen LogP contribution in [0, 0.1) is 13.8 Å². The van der Waals surface area contributed by atoms with E-state index in [4.69, 9.17) is 0 Å². The number of nitrogens with zero attached hydrogens (tertiary/aromatic N) is 1. The molecular formula is C23H27N3O3. The van der Waals surface area contributed by atoms with Crippen LogP contribution in [0.4, 0.5) is 10.5 Å². The Morgan fingerprint density at radius 2 is 1.79 bits per heavy atom. The number of benzene rings is 2. The van der Waals surface area contributed by atoms with Gasteiger partial charge in [0.25, 0.3) is 5.91 Å². The standard InChI is InChI=1S/C23H27N3O3/c1-5-7-17-10-12-18(13-11-17)23(4)21(28)26(22(29)25-23)14-20(27)24-19-9-6-8-15(2)16(19)3/h6,8-13H,5,7,14H2,1-4H3,(H,24,27)(H,25,29)/t23-/m1/s1. The molecule has 6 nitrogen and oxygen atoms in total. The van der Waals surface area contributed by atoms with Crippen molar-refractivity contribution in [1.82, 2.24) is 10.2 Å². The van der Waals surface area contributed by atoms with Crippen LogP contribution in [0.5, 0.6) is 0 Å². The number of carbonyl (C=O) groups is 3. The minimum absolute atomic E-state index is 0.332. The molecule has 1 aliphatic heterocycles. The van der Waals surface area contributed by atoms with E-state index in [9.17, 15) is 14.4 Å². The van der Waals surface area contributed by atoms with Gasteiger partial charge in [-0.05, 0) is 55.5 Å². The van der Waals surface area contributed by atoms with E-state index < -0.39 is 23.4 Å². The van der Waals surface area contributed by atoms with Crippen LogP contribution in [0.2, 0.25) is 0 Å². The summed E-state index contributed by atoms with van der Waals surface area (Å²) < 4.78 is 0. The van der Waals surface area contributed by atoms with Crippen molar-refractivity contribution in [3.8, 4) is 0 Å². The molecule has 2 aromatic carbocycles. The molecule has 0 unspecified atom stereocenters. The smallest absolute Gasteiger partial charge is 0.324 e. The second-order valence-electron chi connectivity index (χ2n) is 7.69. The van der Waals surface area contributed by atoms with Crippen molar-refractivity contribution < 1.29 is 14.4 Å². The second-order valence-corrected chi connectivity index (χ2v) is 7.69. The molecule has 29 heavy (non-hydrogen) atoms. The molecule has 2 N–H and O–H groups in total. The first-order chi connectivity index (χ1) is 13.8. The van der Waals surface area contributed by atoms with Gasteiger partial charge in [-0.1, -0.05) is 49.7 Å². The first-order valence-corrected chi connectivity index (χ1v) is 9.86. The molecule has 0 aliphatic carbocycles. The number of amides is 4. The van der Waals surface area contributed by atoms with Crippen LogP contribution in [-0.2, 0) is 21.5 Å². The molecular weight excluding hydrogens is 366 g/mol. The molecule has 1 heterocycles. The lowest BCUT2D eigenvalue weighted by Gasteiger charge is -2.22. The Morgan fingerprint density at radius 3 is 2.45 bits per heavy atom. The molecule has 152 valence electrons. The fourth-order valence-corrected chi connectivity index (χ4v) is 3.55. The summed E-state index contributed by atoms with van der Waals surface area (Å²) in [6.07, 6.45) is 2.00. The van der Waals surface area contributed by atoms with Crippen LogP contribution in [0.3, 0.4) is 0 Å². The highest BCUT2D eigenvalue weighted by molar-refractivity contribution is 6.10. The number of rotatable bonds is 6. The van der Waals surface area contributed by atoms with Crippen LogP contribution in [0.25, 0.3) is 0 Å². The molecule has 1 aliphatic rings. The van der Waals surface area contributed by atoms with Gasteiger partial charge in [0.1, 0.15) is 12.1 Å². The topological polar surface area (TPSA) is 78.5 Å². The number of imide groups is 1. The molecule has 1 atom stereocenters. The van der Waals surface area contributed by atoms with Gasteiger partial charge < -0.3 is 10.6 Å². The van der Waals surface area contributed by atoms with E-state index in [1.165, 1.54) is 5.56 Å². The van der Waals surface area contributed by atoms with E-state index in [2.05, 4.69) is 17.6 Å². The van der Waals surface area contributed by atoms with Gasteiger partial charge in [0.05, 0.1) is 0 Å². The number of aryl methyl sites for hydroxylation is 2. The zero-order chi connectivity index (χ0) is 21.2. The highest BCUT2D eigenvalue weighted by Crippen LogP contribution is 2.29. The molecule has 0 bridgehead atoms. The third-order valence-corrected chi connectivity index (χ3v) is 5.53. The lowest BCUT2D eigenvalue weighted by molar-refractivity contribution is -0.133. The Balaban J connectivity index is 1.74. The molecule has 2 aromatic rings. The predicted octanol–water partition coefficient (Wildman–Crippen LogP) is 3.66. The van der Waals surface area contributed by atoms with Gasteiger partial charge in [-0.15, -0.1) is 0 Å². The predicted molar refractivity (Wildman–Crippen MR) is 113 cm³/mol. The number of anilines is 1. The van der Waals surface area contributed by atoms with Gasteiger partial charge in [-0.3, -0.25) is 14.5 Å². The lowest BCUT2D eigenvalue weighted by Crippen LogP contribution is -2.42. The Bertz CT molecular complexity index is 952. The largest absolute Gasteiger partial charge is 0.325 e. The van der Waals surface area contributed by atoms with Crippen LogP contribution in [0.15, 0.2) is 42.5 Å². The maximum absolute atomic E-state index is 13.0. The van der Waals surface area contributed by atoms with E-state index in [1.54, 1.807) is 13.0 Å². The van der Waals surface area contributed by atoms with E-state index >= 15 is 0 Å². The molecule has 0 aromatic heterocycles. The summed E-state index contributed by atoms with van der Waals surface area (Å²) in [7, 11) is 0. The minimum atomic E-state index is -1.18. The van der Waals surface area contributed by atoms with Gasteiger partial charge in [0.15, 0.2) is 0 Å². The highest BCUT2D eigenvalue weighted by atomic mass is 16.2. The number of hydrogen-bond acceptors (Lipinski definition) is 3. The second kappa shape index (κ2) is 8.07. The average molecular weight is 393 g/mol. The van der Waals surface area contributed by atoms with Crippen LogP contribution >= 0.6 is 0 Å². The van der Waals surface area contributed by atoms with E-state index in [1.807, 2.05) is 50.2 Å². The summed E-state index contributed by atoms with van der Waals surface area (Å²) in [5.41, 5.74) is 3.39. The van der Waals surface area contributed by atoms with Crippen molar-refractivity contribution >= 4 is 23.5 Å². The van der Waals surface area contributed by atoms with Crippen LogP contribution < -0.4 is 10.6 Å². The number of nitrogens with one attached hydrogen (secondary N) is 2. The van der Waals surface area contributed by atoms with Gasteiger partial charge in [0, 0.05) is 5.69 Å². The summed E-state index contributed by atoms with van der Waals surface area (Å²) in [5, 5.41) is 5.54. The highest BCUT2D eigenvalue weighted by Gasteiger charge is 2.49. The zero-order valence-corrected chi connectivity index (χ0v) is 17.3. The first kappa shape index (κ1) is 20.6. The number of urea groups is 1. The summed E-state index contributed by atoms with van der Waals surface area (Å²) >= 11 is 0. The maximum atomic E-state index is 13.0. The number of hydrogen-bond donors (Lipinski definition) is 2. The maximum Gasteiger partial charge on any atom is 0.325 e. The van der Waals surface area contributed by atoms with Gasteiger partial charge in [0.2, 0.25) is 5.91 Å². The molecule has 0 spiro atoms. The van der Waals surface area contributed by atoms with Gasteiger partial charge in [-0.25, -0.2) is 4.79 Å². The molecule has 0 radical (unpaired) electrons. The third-order valence-electron chi connectivity index (χ3n) is 5.53. The molecule has 0 saturated carbocycles. The monoisotopic (exact) mass is 393 g/mol. The average Bonchev–Trinajstić information content (AvgIpc) is 2.90. The summed E-state index contributed by atoms with van der Waals surface area (Å²) in [6.45, 7) is 7.32. The summed E-state index contributed by atoms with van der Waals surface area (Å²) in [5.74, 6) is -0.841. The molecule has 4 amide bonds. The normalized spacial score (nSPS) is 18.7.